The number of fused-ring (bicyclic) bond motifs is 6. The molecule has 83 heavy (non-hydrogen) atoms. The monoisotopic (exact) mass is 1170 g/mol. The first kappa shape index (κ1) is 65.0. The Morgan fingerprint density at radius 3 is 2.31 bits per heavy atom. The molecule has 1 aromatic carbocycles. The van der Waals surface area contributed by atoms with Crippen molar-refractivity contribution >= 4 is 62.9 Å². The first-order chi connectivity index (χ1) is 39.3. The molecule has 5 aliphatic carbocycles. The largest absolute Gasteiger partial charge is 0.480 e. The number of hydrogen-bond donors (Lipinski definition) is 5. The van der Waals surface area contributed by atoms with E-state index in [4.69, 9.17) is 14.2 Å². The summed E-state index contributed by atoms with van der Waals surface area (Å²) in [6.07, 6.45) is 8.74. The molecular weight excluding hydrogens is 1080 g/mol. The number of ether oxygens (including phenoxy) is 3. The summed E-state index contributed by atoms with van der Waals surface area (Å²) in [4.78, 5) is 98.6. The third-order valence-electron chi connectivity index (χ3n) is 20.1. The smallest absolute Gasteiger partial charge is 0.415 e. The van der Waals surface area contributed by atoms with E-state index in [2.05, 4.69) is 36.4 Å². The number of benzene rings is 1. The lowest BCUT2D eigenvalue weighted by Crippen LogP contribution is -2.58. The van der Waals surface area contributed by atoms with Crippen molar-refractivity contribution in [3.05, 3.63) is 45.5 Å². The number of unbranched alkanes of at least 4 members (excludes halogenated alkanes) is 1. The number of nitrogens with one attached hydrogen (secondary N) is 2. The van der Waals surface area contributed by atoms with E-state index in [1.807, 2.05) is 6.07 Å². The van der Waals surface area contributed by atoms with Crippen molar-refractivity contribution in [2.75, 3.05) is 59.7 Å². The number of allylic oxidation sites excluding steroid dienone is 4. The summed E-state index contributed by atoms with van der Waals surface area (Å²) in [6.45, 7) is 16.4. The lowest BCUT2D eigenvalue weighted by molar-refractivity contribution is -0.175. The van der Waals surface area contributed by atoms with Gasteiger partial charge in [-0.05, 0) is 156 Å². The van der Waals surface area contributed by atoms with E-state index in [9.17, 15) is 54.1 Å². The Balaban J connectivity index is 0.778. The van der Waals surface area contributed by atoms with Gasteiger partial charge in [0, 0.05) is 86.3 Å². The van der Waals surface area contributed by atoms with Gasteiger partial charge in [-0.25, -0.2) is 14.6 Å². The minimum absolute atomic E-state index is 0.0565. The van der Waals surface area contributed by atoms with Gasteiger partial charge in [0.2, 0.25) is 17.7 Å². The van der Waals surface area contributed by atoms with Crippen LogP contribution in [0.3, 0.4) is 0 Å². The van der Waals surface area contributed by atoms with Gasteiger partial charge in [-0.1, -0.05) is 34.6 Å². The van der Waals surface area contributed by atoms with Gasteiger partial charge in [0.05, 0.1) is 48.9 Å². The standard InChI is InChI=1S/C63H90N6O13S/c1-37(45-17-18-46-44-16-14-41-32-42(70)21-23-62(41,7)47(44)34-51(71)63(45,46)8)13-20-53(73)66-49(59(77)78)12-10-11-24-65-52(72)22-28-80-30-31-81-29-27-69(60(79)82-43-15-19-48-50(33-43)83-54(36-64)67-48)26-25-68(9)55(74)35-61(5,6)56-40(4)57(75)38(2)39(3)58(56)76/h15,19,33,37,41-42,44-47,49,51,70-71H,10-14,16-18,20-32,34-35H2,1-9H3,(H,65,72)(H,66,73)(H,77,78)/t37-,41-,42-,44+,45?,46+,47+,49?,51+,62+,63-/m1/s1. The molecular formula is C63H90N6O13S. The average Bonchev–Trinajstić information content (AvgIpc) is 2.79. The van der Waals surface area contributed by atoms with Gasteiger partial charge in [0.15, 0.2) is 16.6 Å². The molecule has 2 unspecified atom stereocenters. The number of hydrogen-bond acceptors (Lipinski definition) is 15. The van der Waals surface area contributed by atoms with Crippen LogP contribution in [0.15, 0.2) is 40.5 Å². The van der Waals surface area contributed by atoms with Crippen LogP contribution in [0.25, 0.3) is 10.2 Å². The summed E-state index contributed by atoms with van der Waals surface area (Å²) >= 11 is 1.17. The number of amides is 4. The highest BCUT2D eigenvalue weighted by Gasteiger charge is 2.63. The van der Waals surface area contributed by atoms with E-state index in [1.54, 1.807) is 59.9 Å². The van der Waals surface area contributed by atoms with Crippen LogP contribution in [-0.4, -0.2) is 149 Å². The number of carbonyl (C=O) groups is 7. The minimum atomic E-state index is -1.10. The topological polar surface area (TPSA) is 275 Å². The molecule has 0 radical (unpaired) electrons. The zero-order valence-corrected chi connectivity index (χ0v) is 51.1. The predicted molar refractivity (Wildman–Crippen MR) is 313 cm³/mol. The summed E-state index contributed by atoms with van der Waals surface area (Å²) in [5, 5.41) is 47.5. The van der Waals surface area contributed by atoms with Crippen LogP contribution in [0.2, 0.25) is 0 Å². The number of carboxylic acids is 1. The maximum Gasteiger partial charge on any atom is 0.415 e. The molecule has 1 aromatic heterocycles. The lowest BCUT2D eigenvalue weighted by atomic mass is 9.43. The second kappa shape index (κ2) is 28.1. The number of carbonyl (C=O) groups excluding carboxylic acids is 6. The van der Waals surface area contributed by atoms with E-state index in [0.29, 0.717) is 82.0 Å². The summed E-state index contributed by atoms with van der Waals surface area (Å²) in [5.74, 6) is 0.340. The first-order valence-electron chi connectivity index (χ1n) is 30.1. The van der Waals surface area contributed by atoms with Crippen molar-refractivity contribution in [2.24, 2.45) is 51.8 Å². The van der Waals surface area contributed by atoms with Crippen molar-refractivity contribution in [1.29, 1.82) is 5.26 Å². The summed E-state index contributed by atoms with van der Waals surface area (Å²) in [7, 11) is 1.60. The van der Waals surface area contributed by atoms with Crippen LogP contribution in [-0.2, 0) is 38.2 Å². The molecule has 0 bridgehead atoms. The van der Waals surface area contributed by atoms with Gasteiger partial charge in [0.25, 0.3) is 0 Å². The Morgan fingerprint density at radius 1 is 0.867 bits per heavy atom. The van der Waals surface area contributed by atoms with Gasteiger partial charge in [-0.3, -0.25) is 24.0 Å². The molecule has 4 fully saturated rings. The van der Waals surface area contributed by atoms with E-state index >= 15 is 0 Å². The molecule has 19 nitrogen and oxygen atoms in total. The molecule has 2 aromatic rings. The van der Waals surface area contributed by atoms with Gasteiger partial charge < -0.3 is 50.0 Å². The average molecular weight is 1170 g/mol. The highest BCUT2D eigenvalue weighted by molar-refractivity contribution is 7.19. The molecule has 1 heterocycles. The summed E-state index contributed by atoms with van der Waals surface area (Å²) in [6, 6.07) is 5.84. The van der Waals surface area contributed by atoms with Crippen molar-refractivity contribution in [2.45, 2.75) is 170 Å². The maximum absolute atomic E-state index is 13.6. The molecule has 20 heteroatoms. The normalized spacial score (nSPS) is 26.8. The Labute approximate surface area is 493 Å². The molecule has 0 spiro atoms. The van der Waals surface area contributed by atoms with Crippen molar-refractivity contribution < 1.29 is 63.1 Å². The van der Waals surface area contributed by atoms with Crippen molar-refractivity contribution in [1.82, 2.24) is 25.4 Å². The number of aliphatic hydroxyl groups is 2. The Hall–Kier alpha value is -5.59. The van der Waals surface area contributed by atoms with Crippen molar-refractivity contribution in [3.8, 4) is 11.8 Å². The van der Waals surface area contributed by atoms with E-state index < -0.39 is 29.6 Å². The van der Waals surface area contributed by atoms with Gasteiger partial charge in [-0.15, -0.1) is 11.3 Å². The Bertz CT molecular complexity index is 2840. The molecule has 456 valence electrons. The van der Waals surface area contributed by atoms with Crippen molar-refractivity contribution in [3.63, 3.8) is 0 Å². The number of aliphatic carboxylic acids is 1. The lowest BCUT2D eigenvalue weighted by Gasteiger charge is -2.62. The number of carboxylic acid groups (broad SMARTS) is 1. The number of ketones is 2. The molecule has 4 saturated carbocycles. The number of nitriles is 1. The molecule has 11 atom stereocenters. The zero-order chi connectivity index (χ0) is 60.6. The highest BCUT2D eigenvalue weighted by Crippen LogP contribution is 2.68. The number of Topliss-reactive ketones (excluding diaryl/α,β-unsaturated/α-hetero) is 2. The SMILES string of the molecule is CC1=C(C)C(=O)C(C(C)(C)CC(=O)N(C)CCN(CCOCCOCCC(=O)NCCCCC(NC(=O)CC[C@@H](C)C2CC[C@H]3[C@@H]4CC[C@@H]5C[C@H](O)CC[C@]5(C)[C@H]4C[C@H](O)[C@]23C)C(=O)O)C(=O)Oc2ccc3nc(C#N)sc3c2)=C(C)C1=O. The Kier molecular flexibility index (Phi) is 22.0. The quantitative estimate of drug-likeness (QED) is 0.0415. The number of rotatable bonds is 27. The second-order valence-corrected chi connectivity index (χ2v) is 26.6. The summed E-state index contributed by atoms with van der Waals surface area (Å²) in [5.41, 5.74) is 1.01. The van der Waals surface area contributed by atoms with Crippen LogP contribution in [0, 0.1) is 63.1 Å². The minimum Gasteiger partial charge on any atom is -0.480 e. The number of aromatic nitrogens is 1. The van der Waals surface area contributed by atoms with Gasteiger partial charge >= 0.3 is 12.1 Å². The van der Waals surface area contributed by atoms with Gasteiger partial charge in [-0.2, -0.15) is 5.26 Å². The number of nitrogens with zero attached hydrogens (tertiary/aromatic N) is 4. The molecule has 5 N–H and O–H groups in total. The van der Waals surface area contributed by atoms with Crippen LogP contribution in [0.1, 0.15) is 157 Å². The van der Waals surface area contributed by atoms with E-state index in [0.717, 1.165) is 51.4 Å². The van der Waals surface area contributed by atoms with Crippen LogP contribution < -0.4 is 15.4 Å². The number of likely N-dealkylation sites (N-methyl/N-ethyl adjacent to an activating group) is 1. The molecule has 7 rings (SSSR count). The first-order valence-corrected chi connectivity index (χ1v) is 30.9. The third-order valence-corrected chi connectivity index (χ3v) is 21.0. The molecule has 4 amide bonds. The zero-order valence-electron chi connectivity index (χ0n) is 50.3. The number of thiazole rings is 1. The Morgan fingerprint density at radius 2 is 1.59 bits per heavy atom. The van der Waals surface area contributed by atoms with Gasteiger partial charge in [0.1, 0.15) is 17.9 Å². The molecule has 0 saturated heterocycles. The molecule has 0 aliphatic heterocycles. The summed E-state index contributed by atoms with van der Waals surface area (Å²) < 4.78 is 17.8. The fourth-order valence-corrected chi connectivity index (χ4v) is 15.9. The fraction of sp³-hybridized carbons (Fsp3) is 0.698. The second-order valence-electron chi connectivity index (χ2n) is 25.6. The highest BCUT2D eigenvalue weighted by atomic mass is 32.1. The number of aliphatic hydroxyl groups excluding tert-OH is 2. The van der Waals surface area contributed by atoms with Crippen LogP contribution in [0.5, 0.6) is 5.75 Å². The van der Waals surface area contributed by atoms with E-state index in [-0.39, 0.29) is 141 Å². The van der Waals surface area contributed by atoms with Crippen LogP contribution >= 0.6 is 11.3 Å². The third kappa shape index (κ3) is 15.1. The predicted octanol–water partition coefficient (Wildman–Crippen LogP) is 8.33. The maximum atomic E-state index is 13.6. The van der Waals surface area contributed by atoms with Crippen LogP contribution in [0.4, 0.5) is 4.79 Å². The molecule has 5 aliphatic rings. The van der Waals surface area contributed by atoms with E-state index in [1.165, 1.54) is 21.1 Å². The fourth-order valence-electron chi connectivity index (χ4n) is 15.1.